The number of rotatable bonds is 2. The zero-order valence-corrected chi connectivity index (χ0v) is 11.9. The molecule has 7 heteroatoms. The molecule has 3 aliphatic heterocycles. The van der Waals surface area contributed by atoms with Crippen LogP contribution in [0.1, 0.15) is 10.4 Å². The smallest absolute Gasteiger partial charge is 0.337 e. The van der Waals surface area contributed by atoms with Crippen LogP contribution in [0.5, 0.6) is 0 Å². The van der Waals surface area contributed by atoms with E-state index in [0.717, 1.165) is 4.90 Å². The first-order valence-electron chi connectivity index (χ1n) is 6.73. The summed E-state index contributed by atoms with van der Waals surface area (Å²) >= 11 is 5.82. The van der Waals surface area contributed by atoms with E-state index in [-0.39, 0.29) is 40.3 Å². The molecule has 22 heavy (non-hydrogen) atoms. The summed E-state index contributed by atoms with van der Waals surface area (Å²) in [5, 5.41) is 9.17. The van der Waals surface area contributed by atoms with Crippen molar-refractivity contribution in [3.05, 3.63) is 40.9 Å². The van der Waals surface area contributed by atoms with E-state index in [2.05, 4.69) is 0 Å². The molecule has 2 fully saturated rings. The van der Waals surface area contributed by atoms with Gasteiger partial charge in [-0.1, -0.05) is 23.8 Å². The Balaban J connectivity index is 1.76. The number of anilines is 1. The Morgan fingerprint density at radius 1 is 1.14 bits per heavy atom. The van der Waals surface area contributed by atoms with Crippen LogP contribution in [0.3, 0.4) is 0 Å². The summed E-state index contributed by atoms with van der Waals surface area (Å²) in [6, 6.07) is 4.10. The van der Waals surface area contributed by atoms with Gasteiger partial charge in [0.05, 0.1) is 40.3 Å². The Labute approximate surface area is 129 Å². The Hall–Kier alpha value is -2.18. The number of carboxylic acid groups (broad SMARTS) is 1. The highest BCUT2D eigenvalue weighted by Gasteiger charge is 2.61. The third-order valence-corrected chi connectivity index (χ3v) is 4.68. The average molecular weight is 320 g/mol. The molecule has 4 atom stereocenters. The molecule has 0 saturated carbocycles. The van der Waals surface area contributed by atoms with Crippen LogP contribution in [0.2, 0.25) is 5.02 Å². The number of aromatic carboxylic acids is 1. The first kappa shape index (κ1) is 13.5. The monoisotopic (exact) mass is 319 g/mol. The number of carboxylic acids is 1. The second-order valence-corrected chi connectivity index (χ2v) is 5.89. The molecule has 6 nitrogen and oxygen atoms in total. The second kappa shape index (κ2) is 4.41. The molecule has 0 unspecified atom stereocenters. The maximum absolute atomic E-state index is 12.6. The number of amides is 2. The topological polar surface area (TPSA) is 83.9 Å². The van der Waals surface area contributed by atoms with Gasteiger partial charge in [0.25, 0.3) is 0 Å². The van der Waals surface area contributed by atoms with Gasteiger partial charge in [-0.25, -0.2) is 9.69 Å². The van der Waals surface area contributed by atoms with Crippen LogP contribution >= 0.6 is 11.6 Å². The third kappa shape index (κ3) is 1.62. The summed E-state index contributed by atoms with van der Waals surface area (Å²) < 4.78 is 5.55. The third-order valence-electron chi connectivity index (χ3n) is 4.35. The predicted molar refractivity (Wildman–Crippen MR) is 75.7 cm³/mol. The fourth-order valence-electron chi connectivity index (χ4n) is 3.37. The molecule has 2 amide bonds. The molecule has 3 aliphatic rings. The van der Waals surface area contributed by atoms with Crippen molar-refractivity contribution in [2.45, 2.75) is 12.2 Å². The highest BCUT2D eigenvalue weighted by molar-refractivity contribution is 6.34. The quantitative estimate of drug-likeness (QED) is 0.659. The zero-order valence-electron chi connectivity index (χ0n) is 11.1. The molecule has 3 heterocycles. The van der Waals surface area contributed by atoms with Crippen molar-refractivity contribution in [1.82, 2.24) is 0 Å². The first-order chi connectivity index (χ1) is 10.5. The van der Waals surface area contributed by atoms with E-state index in [4.69, 9.17) is 21.4 Å². The number of fused-ring (bicyclic) bond motifs is 5. The maximum Gasteiger partial charge on any atom is 0.337 e. The van der Waals surface area contributed by atoms with Crippen LogP contribution in [-0.4, -0.2) is 35.1 Å². The van der Waals surface area contributed by atoms with E-state index < -0.39 is 17.8 Å². The van der Waals surface area contributed by atoms with E-state index in [1.54, 1.807) is 12.2 Å². The molecule has 4 rings (SSSR count). The van der Waals surface area contributed by atoms with Crippen molar-refractivity contribution in [1.29, 1.82) is 0 Å². The Bertz CT molecular complexity index is 728. The van der Waals surface area contributed by atoms with Gasteiger partial charge in [-0.05, 0) is 18.2 Å². The lowest BCUT2D eigenvalue weighted by Gasteiger charge is -2.18. The highest BCUT2D eigenvalue weighted by Crippen LogP contribution is 2.46. The van der Waals surface area contributed by atoms with Crippen molar-refractivity contribution >= 4 is 35.1 Å². The normalized spacial score (nSPS) is 32.0. The number of nitrogens with zero attached hydrogens (tertiary/aromatic N) is 1. The molecule has 112 valence electrons. The number of ether oxygens (including phenoxy) is 1. The minimum atomic E-state index is -1.21. The number of hydrogen-bond donors (Lipinski definition) is 1. The fraction of sp³-hybridized carbons (Fsp3) is 0.267. The van der Waals surface area contributed by atoms with Crippen LogP contribution in [-0.2, 0) is 14.3 Å². The average Bonchev–Trinajstić information content (AvgIpc) is 3.14. The van der Waals surface area contributed by atoms with Crippen molar-refractivity contribution < 1.29 is 24.2 Å². The van der Waals surface area contributed by atoms with Crippen molar-refractivity contribution in [3.63, 3.8) is 0 Å². The van der Waals surface area contributed by atoms with Crippen molar-refractivity contribution in [2.75, 3.05) is 4.90 Å². The van der Waals surface area contributed by atoms with Gasteiger partial charge in [0.2, 0.25) is 11.8 Å². The highest BCUT2D eigenvalue weighted by atomic mass is 35.5. The van der Waals surface area contributed by atoms with E-state index in [1.807, 2.05) is 0 Å². The van der Waals surface area contributed by atoms with Gasteiger partial charge in [-0.15, -0.1) is 0 Å². The second-order valence-electron chi connectivity index (χ2n) is 5.48. The van der Waals surface area contributed by atoms with Gasteiger partial charge in [0.15, 0.2) is 0 Å². The molecule has 2 saturated heterocycles. The standard InChI is InChI=1S/C15H10ClNO5/c16-8-2-1-6(5-7(8)15(20)21)17-13(18)11-9-3-4-10(22-9)12(11)14(17)19/h1-5,9-12H,(H,20,21)/t9-,10-,11-,12-/m0/s1. The fourth-order valence-corrected chi connectivity index (χ4v) is 3.57. The lowest BCUT2D eigenvalue weighted by atomic mass is 9.85. The molecule has 0 aliphatic carbocycles. The number of carbonyl (C=O) groups is 3. The molecule has 0 radical (unpaired) electrons. The molecular formula is C15H10ClNO5. The van der Waals surface area contributed by atoms with Gasteiger partial charge in [0.1, 0.15) is 0 Å². The number of carbonyl (C=O) groups excluding carboxylic acids is 2. The molecule has 0 spiro atoms. The van der Waals surface area contributed by atoms with E-state index >= 15 is 0 Å². The number of hydrogen-bond acceptors (Lipinski definition) is 4. The number of halogens is 1. The molecule has 0 aromatic heterocycles. The van der Waals surface area contributed by atoms with Crippen LogP contribution in [0, 0.1) is 11.8 Å². The lowest BCUT2D eigenvalue weighted by molar-refractivity contribution is -0.124. The maximum atomic E-state index is 12.6. The molecular weight excluding hydrogens is 310 g/mol. The Morgan fingerprint density at radius 3 is 2.27 bits per heavy atom. The van der Waals surface area contributed by atoms with E-state index in [9.17, 15) is 14.4 Å². The first-order valence-corrected chi connectivity index (χ1v) is 7.11. The van der Waals surface area contributed by atoms with Gasteiger partial charge in [-0.2, -0.15) is 0 Å². The minimum Gasteiger partial charge on any atom is -0.478 e. The van der Waals surface area contributed by atoms with Crippen molar-refractivity contribution in [3.8, 4) is 0 Å². The van der Waals surface area contributed by atoms with Crippen LogP contribution < -0.4 is 4.90 Å². The number of imide groups is 1. The summed E-state index contributed by atoms with van der Waals surface area (Å²) in [6.45, 7) is 0. The minimum absolute atomic E-state index is 0.0561. The molecule has 1 aromatic rings. The summed E-state index contributed by atoms with van der Waals surface area (Å²) in [6.07, 6.45) is 2.85. The summed E-state index contributed by atoms with van der Waals surface area (Å²) in [4.78, 5) is 37.3. The van der Waals surface area contributed by atoms with Gasteiger partial charge in [0, 0.05) is 0 Å². The summed E-state index contributed by atoms with van der Waals surface area (Å²) in [5.41, 5.74) is 0.0831. The van der Waals surface area contributed by atoms with Crippen LogP contribution in [0.15, 0.2) is 30.4 Å². The van der Waals surface area contributed by atoms with Crippen LogP contribution in [0.4, 0.5) is 5.69 Å². The molecule has 2 bridgehead atoms. The van der Waals surface area contributed by atoms with E-state index in [0.29, 0.717) is 0 Å². The lowest BCUT2D eigenvalue weighted by Crippen LogP contribution is -2.34. The predicted octanol–water partition coefficient (Wildman–Crippen LogP) is 1.48. The largest absolute Gasteiger partial charge is 0.478 e. The molecule has 1 N–H and O–H groups in total. The van der Waals surface area contributed by atoms with Gasteiger partial charge in [-0.3, -0.25) is 9.59 Å². The Morgan fingerprint density at radius 2 is 1.73 bits per heavy atom. The van der Waals surface area contributed by atoms with Crippen LogP contribution in [0.25, 0.3) is 0 Å². The van der Waals surface area contributed by atoms with Gasteiger partial charge >= 0.3 is 5.97 Å². The van der Waals surface area contributed by atoms with Crippen molar-refractivity contribution in [2.24, 2.45) is 11.8 Å². The summed E-state index contributed by atoms with van der Waals surface area (Å²) in [7, 11) is 0. The summed E-state index contributed by atoms with van der Waals surface area (Å²) in [5.74, 6) is -2.97. The Kier molecular flexibility index (Phi) is 2.70. The SMILES string of the molecule is O=C(O)c1cc(N2C(=O)[C@@H]3[C@@H](C2=O)[C@@H]2C=C[C@@H]3O2)ccc1Cl. The number of benzene rings is 1. The molecule has 1 aromatic carbocycles. The zero-order chi connectivity index (χ0) is 15.6. The van der Waals surface area contributed by atoms with E-state index in [1.165, 1.54) is 18.2 Å². The van der Waals surface area contributed by atoms with Gasteiger partial charge < -0.3 is 9.84 Å².